The minimum absolute atomic E-state index is 0.154. The summed E-state index contributed by atoms with van der Waals surface area (Å²) in [6, 6.07) is 61.3. The number of rotatable bonds is 6. The number of anilines is 2. The molecule has 0 amide bonds. The molecule has 0 fully saturated rings. The molecule has 0 saturated heterocycles. The van der Waals surface area contributed by atoms with Crippen molar-refractivity contribution in [2.24, 2.45) is 0 Å². The number of hydrogen-bond acceptors (Lipinski definition) is 5. The van der Waals surface area contributed by atoms with E-state index in [9.17, 15) is 0 Å². The van der Waals surface area contributed by atoms with Crippen LogP contribution >= 0.6 is 0 Å². The third kappa shape index (κ3) is 5.44. The normalized spacial score (nSPS) is 15.9. The molecule has 0 bridgehead atoms. The Kier molecular flexibility index (Phi) is 7.56. The summed E-state index contributed by atoms with van der Waals surface area (Å²) >= 11 is 0. The van der Waals surface area contributed by atoms with Crippen LogP contribution in [0.1, 0.15) is 17.0 Å². The fraction of sp³-hybridized carbons (Fsp3) is 0.0392. The first-order valence-corrected chi connectivity index (χ1v) is 19.0. The highest BCUT2D eigenvalue weighted by Crippen LogP contribution is 2.50. The second kappa shape index (κ2) is 13.2. The number of furan rings is 1. The second-order valence-corrected chi connectivity index (χ2v) is 14.4. The van der Waals surface area contributed by atoms with Crippen molar-refractivity contribution in [3.05, 3.63) is 205 Å². The molecule has 5 nitrogen and oxygen atoms in total. The van der Waals surface area contributed by atoms with Gasteiger partial charge >= 0.3 is 0 Å². The van der Waals surface area contributed by atoms with Crippen LogP contribution in [-0.2, 0) is 0 Å². The average molecular weight is 719 g/mol. The Hall–Kier alpha value is -7.37. The molecule has 1 aliphatic heterocycles. The molecule has 1 aliphatic carbocycles. The van der Waals surface area contributed by atoms with E-state index in [0.29, 0.717) is 17.5 Å². The van der Waals surface area contributed by atoms with Gasteiger partial charge in [0.1, 0.15) is 11.2 Å². The Morgan fingerprint density at radius 2 is 1.09 bits per heavy atom. The van der Waals surface area contributed by atoms with Crippen molar-refractivity contribution in [3.63, 3.8) is 0 Å². The van der Waals surface area contributed by atoms with Gasteiger partial charge in [0.2, 0.25) is 0 Å². The van der Waals surface area contributed by atoms with Crippen LogP contribution in [0.4, 0.5) is 11.4 Å². The molecule has 2 unspecified atom stereocenters. The maximum Gasteiger partial charge on any atom is 0.164 e. The largest absolute Gasteiger partial charge is 0.455 e. The molecule has 2 aromatic heterocycles. The van der Waals surface area contributed by atoms with Gasteiger partial charge in [0.15, 0.2) is 17.5 Å². The van der Waals surface area contributed by atoms with Gasteiger partial charge in [-0.3, -0.25) is 0 Å². The molecule has 11 rings (SSSR count). The summed E-state index contributed by atoms with van der Waals surface area (Å²) in [6.45, 7) is 0. The lowest BCUT2D eigenvalue weighted by molar-refractivity contribution is 0.667. The first-order chi connectivity index (χ1) is 27.7. The van der Waals surface area contributed by atoms with Crippen LogP contribution in [-0.4, -0.2) is 21.0 Å². The molecular weight excluding hydrogens is 685 g/mol. The fourth-order valence-electron chi connectivity index (χ4n) is 8.39. The van der Waals surface area contributed by atoms with Gasteiger partial charge in [-0.25, -0.2) is 15.0 Å². The van der Waals surface area contributed by atoms with Crippen molar-refractivity contribution >= 4 is 38.9 Å². The highest BCUT2D eigenvalue weighted by Gasteiger charge is 2.38. The van der Waals surface area contributed by atoms with Gasteiger partial charge in [0.05, 0.1) is 6.04 Å². The third-order valence-corrected chi connectivity index (χ3v) is 11.1. The molecule has 0 spiro atoms. The van der Waals surface area contributed by atoms with Crippen LogP contribution < -0.4 is 4.90 Å². The Balaban J connectivity index is 0.921. The number of hydrogen-bond donors (Lipinski definition) is 0. The van der Waals surface area contributed by atoms with Crippen molar-refractivity contribution < 1.29 is 4.42 Å². The van der Waals surface area contributed by atoms with Crippen LogP contribution in [0.2, 0.25) is 0 Å². The minimum Gasteiger partial charge on any atom is -0.455 e. The molecule has 56 heavy (non-hydrogen) atoms. The highest BCUT2D eigenvalue weighted by molar-refractivity contribution is 6.09. The molecule has 0 radical (unpaired) electrons. The third-order valence-electron chi connectivity index (χ3n) is 11.1. The predicted molar refractivity (Wildman–Crippen MR) is 228 cm³/mol. The van der Waals surface area contributed by atoms with E-state index < -0.39 is 0 Å². The molecule has 9 aromatic rings. The van der Waals surface area contributed by atoms with Crippen molar-refractivity contribution in [2.75, 3.05) is 4.90 Å². The molecule has 0 N–H and O–H groups in total. The van der Waals surface area contributed by atoms with Crippen molar-refractivity contribution in [2.45, 2.75) is 12.0 Å². The Labute approximate surface area is 324 Å². The Morgan fingerprint density at radius 1 is 0.482 bits per heavy atom. The first-order valence-electron chi connectivity index (χ1n) is 19.0. The number of aromatic nitrogens is 3. The fourth-order valence-corrected chi connectivity index (χ4v) is 8.39. The molecule has 2 atom stereocenters. The van der Waals surface area contributed by atoms with E-state index in [1.54, 1.807) is 0 Å². The SMILES string of the molecule is C1=CC2C(C=C1c1cccc3c1oc1ccccc13)c1ccccc1N2c1ccc(-c2cccc(-c3nc(-c4ccccc4)nc(-c4ccccc4)n3)c2)cc1. The minimum atomic E-state index is 0.154. The lowest BCUT2D eigenvalue weighted by Crippen LogP contribution is -2.28. The highest BCUT2D eigenvalue weighted by atomic mass is 16.3. The maximum atomic E-state index is 6.44. The molecule has 0 saturated carbocycles. The molecule has 3 heterocycles. The molecule has 2 aliphatic rings. The summed E-state index contributed by atoms with van der Waals surface area (Å²) in [5.74, 6) is 2.14. The summed E-state index contributed by atoms with van der Waals surface area (Å²) in [5, 5.41) is 2.30. The van der Waals surface area contributed by atoms with Gasteiger partial charge < -0.3 is 9.32 Å². The predicted octanol–water partition coefficient (Wildman–Crippen LogP) is 12.7. The molecule has 5 heteroatoms. The number of benzene rings is 7. The Morgan fingerprint density at radius 3 is 1.86 bits per heavy atom. The number of allylic oxidation sites excluding steroid dienone is 2. The van der Waals surface area contributed by atoms with Crippen molar-refractivity contribution in [3.8, 4) is 45.3 Å². The van der Waals surface area contributed by atoms with Gasteiger partial charge in [-0.1, -0.05) is 164 Å². The van der Waals surface area contributed by atoms with E-state index in [1.807, 2.05) is 72.8 Å². The first kappa shape index (κ1) is 32.1. The standard InChI is InChI=1S/C51H34N4O/c1-3-13-34(14-4-1)49-52-50(35-15-5-2-6-16-35)54-51(53-49)38-18-11-17-36(31-38)33-25-28-39(29-26-33)55-45-23-9-7-19-41(45)44-32-37(27-30-46(44)55)40-21-12-22-43-42-20-8-10-24-47(42)56-48(40)43/h1-32,44,46H. The van der Waals surface area contributed by atoms with Crippen LogP contribution in [0, 0.1) is 0 Å². The monoisotopic (exact) mass is 718 g/mol. The van der Waals surface area contributed by atoms with E-state index in [4.69, 9.17) is 19.4 Å². The van der Waals surface area contributed by atoms with Gasteiger partial charge in [0.25, 0.3) is 0 Å². The zero-order chi connectivity index (χ0) is 37.0. The summed E-state index contributed by atoms with van der Waals surface area (Å²) < 4.78 is 6.44. The van der Waals surface area contributed by atoms with E-state index in [2.05, 4.69) is 126 Å². The molecule has 264 valence electrons. The van der Waals surface area contributed by atoms with Gasteiger partial charge in [-0.05, 0) is 52.6 Å². The van der Waals surface area contributed by atoms with E-state index in [1.165, 1.54) is 16.8 Å². The lowest BCUT2D eigenvalue weighted by Gasteiger charge is -2.30. The molecule has 7 aromatic carbocycles. The summed E-state index contributed by atoms with van der Waals surface area (Å²) in [6.07, 6.45) is 7.06. The van der Waals surface area contributed by atoms with Crippen LogP contribution in [0.3, 0.4) is 0 Å². The topological polar surface area (TPSA) is 55.1 Å². The van der Waals surface area contributed by atoms with E-state index in [0.717, 1.165) is 61.0 Å². The van der Waals surface area contributed by atoms with E-state index in [-0.39, 0.29) is 12.0 Å². The van der Waals surface area contributed by atoms with Crippen molar-refractivity contribution in [1.82, 2.24) is 15.0 Å². The smallest absolute Gasteiger partial charge is 0.164 e. The number of para-hydroxylation sites is 3. The lowest BCUT2D eigenvalue weighted by atomic mass is 9.86. The zero-order valence-corrected chi connectivity index (χ0v) is 30.3. The Bertz CT molecular complexity index is 2930. The maximum absolute atomic E-state index is 6.44. The summed E-state index contributed by atoms with van der Waals surface area (Å²) in [5.41, 5.74) is 13.0. The second-order valence-electron chi connectivity index (χ2n) is 14.4. The number of fused-ring (bicyclic) bond motifs is 6. The average Bonchev–Trinajstić information content (AvgIpc) is 3.83. The zero-order valence-electron chi connectivity index (χ0n) is 30.3. The van der Waals surface area contributed by atoms with Gasteiger partial charge in [-0.15, -0.1) is 0 Å². The quantitative estimate of drug-likeness (QED) is 0.171. The van der Waals surface area contributed by atoms with Crippen LogP contribution in [0.5, 0.6) is 0 Å². The van der Waals surface area contributed by atoms with Gasteiger partial charge in [0, 0.05) is 50.3 Å². The molecular formula is C51H34N4O. The number of nitrogens with zero attached hydrogens (tertiary/aromatic N) is 4. The van der Waals surface area contributed by atoms with Crippen molar-refractivity contribution in [1.29, 1.82) is 0 Å². The van der Waals surface area contributed by atoms with Gasteiger partial charge in [-0.2, -0.15) is 0 Å². The van der Waals surface area contributed by atoms with Crippen LogP contribution in [0.25, 0.3) is 72.8 Å². The summed E-state index contributed by atoms with van der Waals surface area (Å²) in [4.78, 5) is 17.3. The van der Waals surface area contributed by atoms with E-state index >= 15 is 0 Å². The summed E-state index contributed by atoms with van der Waals surface area (Å²) in [7, 11) is 0. The van der Waals surface area contributed by atoms with Crippen LogP contribution in [0.15, 0.2) is 199 Å².